The number of likely N-dealkylation sites (tertiary alicyclic amines) is 1. The second-order valence-corrected chi connectivity index (χ2v) is 5.93. The number of aryl methyl sites for hydroxylation is 1. The maximum Gasteiger partial charge on any atom is 0.222 e. The smallest absolute Gasteiger partial charge is 0.222 e. The van der Waals surface area contributed by atoms with E-state index in [0.29, 0.717) is 5.95 Å². The van der Waals surface area contributed by atoms with Gasteiger partial charge in [0, 0.05) is 17.8 Å². The molecule has 2 heterocycles. The molecule has 118 valence electrons. The van der Waals surface area contributed by atoms with Crippen molar-refractivity contribution in [2.75, 3.05) is 37.2 Å². The Kier molecular flexibility index (Phi) is 6.23. The standard InChI is InChI=1S/C16H29N5/c1-3-4-9-18-15-14(13(2)19-16(17)20-15)8-7-12-21-10-5-6-11-21/h3-12H2,1-2H3,(H3,17,18,19,20). The van der Waals surface area contributed by atoms with Crippen molar-refractivity contribution in [1.29, 1.82) is 0 Å². The molecule has 1 aromatic heterocycles. The summed E-state index contributed by atoms with van der Waals surface area (Å²) >= 11 is 0. The Labute approximate surface area is 128 Å². The van der Waals surface area contributed by atoms with Gasteiger partial charge in [-0.15, -0.1) is 0 Å². The number of nitrogens with two attached hydrogens (primary N) is 1. The van der Waals surface area contributed by atoms with E-state index in [1.165, 1.54) is 44.5 Å². The molecular formula is C16H29N5. The highest BCUT2D eigenvalue weighted by Crippen LogP contribution is 2.20. The highest BCUT2D eigenvalue weighted by atomic mass is 15.1. The van der Waals surface area contributed by atoms with E-state index in [4.69, 9.17) is 5.73 Å². The monoisotopic (exact) mass is 291 g/mol. The molecule has 0 aromatic carbocycles. The van der Waals surface area contributed by atoms with Crippen LogP contribution in [0.2, 0.25) is 0 Å². The zero-order valence-corrected chi connectivity index (χ0v) is 13.5. The molecule has 0 bridgehead atoms. The van der Waals surface area contributed by atoms with E-state index in [2.05, 4.69) is 27.1 Å². The number of hydrogen-bond donors (Lipinski definition) is 2. The summed E-state index contributed by atoms with van der Waals surface area (Å²) < 4.78 is 0. The number of hydrogen-bond acceptors (Lipinski definition) is 5. The van der Waals surface area contributed by atoms with Gasteiger partial charge in [0.15, 0.2) is 0 Å². The van der Waals surface area contributed by atoms with E-state index in [-0.39, 0.29) is 0 Å². The van der Waals surface area contributed by atoms with Gasteiger partial charge in [0.25, 0.3) is 0 Å². The molecule has 0 radical (unpaired) electrons. The van der Waals surface area contributed by atoms with Crippen LogP contribution in [-0.2, 0) is 6.42 Å². The van der Waals surface area contributed by atoms with Gasteiger partial charge in [0.1, 0.15) is 5.82 Å². The third-order valence-corrected chi connectivity index (χ3v) is 4.15. The van der Waals surface area contributed by atoms with E-state index >= 15 is 0 Å². The minimum absolute atomic E-state index is 0.370. The van der Waals surface area contributed by atoms with E-state index < -0.39 is 0 Å². The van der Waals surface area contributed by atoms with Crippen LogP contribution in [0.5, 0.6) is 0 Å². The molecule has 5 heteroatoms. The third kappa shape index (κ3) is 4.84. The number of aromatic nitrogens is 2. The fraction of sp³-hybridized carbons (Fsp3) is 0.750. The molecule has 0 unspecified atom stereocenters. The second-order valence-electron chi connectivity index (χ2n) is 5.93. The molecule has 0 aliphatic carbocycles. The van der Waals surface area contributed by atoms with Crippen LogP contribution in [0.3, 0.4) is 0 Å². The van der Waals surface area contributed by atoms with Crippen LogP contribution in [0.25, 0.3) is 0 Å². The van der Waals surface area contributed by atoms with Crippen LogP contribution >= 0.6 is 0 Å². The Morgan fingerprint density at radius 3 is 2.67 bits per heavy atom. The van der Waals surface area contributed by atoms with Crippen molar-refractivity contribution >= 4 is 11.8 Å². The van der Waals surface area contributed by atoms with Crippen molar-refractivity contribution in [3.63, 3.8) is 0 Å². The normalized spacial score (nSPS) is 15.5. The van der Waals surface area contributed by atoms with Crippen molar-refractivity contribution in [3.8, 4) is 0 Å². The predicted octanol–water partition coefficient (Wildman–Crippen LogP) is 2.61. The molecule has 1 aromatic rings. The first kappa shape index (κ1) is 16.0. The summed E-state index contributed by atoms with van der Waals surface area (Å²) in [6.07, 6.45) is 7.22. The number of nitrogens with one attached hydrogen (secondary N) is 1. The third-order valence-electron chi connectivity index (χ3n) is 4.15. The zero-order chi connectivity index (χ0) is 15.1. The average Bonchev–Trinajstić information content (AvgIpc) is 2.95. The summed E-state index contributed by atoms with van der Waals surface area (Å²) in [4.78, 5) is 11.3. The highest BCUT2D eigenvalue weighted by Gasteiger charge is 2.13. The Morgan fingerprint density at radius 2 is 1.95 bits per heavy atom. The van der Waals surface area contributed by atoms with E-state index in [1.54, 1.807) is 0 Å². The number of unbranched alkanes of at least 4 members (excludes halogenated alkanes) is 1. The molecule has 1 fully saturated rings. The van der Waals surface area contributed by atoms with Crippen molar-refractivity contribution in [3.05, 3.63) is 11.3 Å². The molecule has 5 nitrogen and oxygen atoms in total. The molecule has 21 heavy (non-hydrogen) atoms. The van der Waals surface area contributed by atoms with Crippen LogP contribution < -0.4 is 11.1 Å². The molecule has 0 spiro atoms. The SMILES string of the molecule is CCCCNc1nc(N)nc(C)c1CCCN1CCCC1. The van der Waals surface area contributed by atoms with Gasteiger partial charge in [0.2, 0.25) is 5.95 Å². The Bertz CT molecular complexity index is 441. The molecule has 1 aliphatic rings. The summed E-state index contributed by atoms with van der Waals surface area (Å²) in [5.74, 6) is 1.31. The zero-order valence-electron chi connectivity index (χ0n) is 13.5. The van der Waals surface area contributed by atoms with Crippen molar-refractivity contribution in [1.82, 2.24) is 14.9 Å². The van der Waals surface area contributed by atoms with Crippen molar-refractivity contribution in [2.45, 2.75) is 52.4 Å². The van der Waals surface area contributed by atoms with Gasteiger partial charge in [-0.2, -0.15) is 4.98 Å². The Morgan fingerprint density at radius 1 is 1.19 bits per heavy atom. The number of nitrogens with zero attached hydrogens (tertiary/aromatic N) is 3. The summed E-state index contributed by atoms with van der Waals surface area (Å²) in [7, 11) is 0. The topological polar surface area (TPSA) is 67.1 Å². The van der Waals surface area contributed by atoms with Crippen LogP contribution in [0.4, 0.5) is 11.8 Å². The molecule has 1 aliphatic heterocycles. The van der Waals surface area contributed by atoms with Gasteiger partial charge < -0.3 is 16.0 Å². The summed E-state index contributed by atoms with van der Waals surface area (Å²) in [5, 5.41) is 3.43. The molecule has 0 atom stereocenters. The summed E-state index contributed by atoms with van der Waals surface area (Å²) in [5.41, 5.74) is 8.04. The fourth-order valence-corrected chi connectivity index (χ4v) is 2.93. The minimum Gasteiger partial charge on any atom is -0.370 e. The van der Waals surface area contributed by atoms with E-state index in [9.17, 15) is 0 Å². The maximum atomic E-state index is 5.79. The first-order valence-electron chi connectivity index (χ1n) is 8.30. The largest absolute Gasteiger partial charge is 0.370 e. The maximum absolute atomic E-state index is 5.79. The lowest BCUT2D eigenvalue weighted by Gasteiger charge is -2.16. The summed E-state index contributed by atoms with van der Waals surface area (Å²) in [6, 6.07) is 0. The van der Waals surface area contributed by atoms with E-state index in [0.717, 1.165) is 37.3 Å². The van der Waals surface area contributed by atoms with Crippen LogP contribution in [0.15, 0.2) is 0 Å². The Balaban J connectivity index is 1.94. The van der Waals surface area contributed by atoms with Gasteiger partial charge >= 0.3 is 0 Å². The predicted molar refractivity (Wildman–Crippen MR) is 88.6 cm³/mol. The summed E-state index contributed by atoms with van der Waals surface area (Å²) in [6.45, 7) is 8.88. The van der Waals surface area contributed by atoms with Gasteiger partial charge in [-0.25, -0.2) is 4.98 Å². The quantitative estimate of drug-likeness (QED) is 0.721. The van der Waals surface area contributed by atoms with E-state index in [1.807, 2.05) is 6.92 Å². The van der Waals surface area contributed by atoms with Crippen LogP contribution in [0, 0.1) is 6.92 Å². The fourth-order valence-electron chi connectivity index (χ4n) is 2.93. The molecule has 0 saturated carbocycles. The first-order valence-corrected chi connectivity index (χ1v) is 8.30. The van der Waals surface area contributed by atoms with Crippen LogP contribution in [0.1, 0.15) is 50.3 Å². The lowest BCUT2D eigenvalue weighted by atomic mass is 10.1. The molecular weight excluding hydrogens is 262 g/mol. The molecule has 0 amide bonds. The number of nitrogen functional groups attached to an aromatic ring is 1. The van der Waals surface area contributed by atoms with Crippen molar-refractivity contribution < 1.29 is 0 Å². The van der Waals surface area contributed by atoms with Gasteiger partial charge in [0.05, 0.1) is 0 Å². The second kappa shape index (κ2) is 8.17. The minimum atomic E-state index is 0.370. The van der Waals surface area contributed by atoms with Gasteiger partial charge in [-0.05, 0) is 58.7 Å². The Hall–Kier alpha value is -1.36. The number of rotatable bonds is 8. The lowest BCUT2D eigenvalue weighted by Crippen LogP contribution is -2.21. The van der Waals surface area contributed by atoms with Gasteiger partial charge in [-0.1, -0.05) is 13.3 Å². The average molecular weight is 291 g/mol. The van der Waals surface area contributed by atoms with Gasteiger partial charge in [-0.3, -0.25) is 0 Å². The lowest BCUT2D eigenvalue weighted by molar-refractivity contribution is 0.334. The first-order chi connectivity index (χ1) is 10.2. The van der Waals surface area contributed by atoms with Crippen LogP contribution in [-0.4, -0.2) is 41.0 Å². The molecule has 1 saturated heterocycles. The number of anilines is 2. The molecule has 3 N–H and O–H groups in total. The van der Waals surface area contributed by atoms with Crippen molar-refractivity contribution in [2.24, 2.45) is 0 Å². The molecule has 2 rings (SSSR count). The highest BCUT2D eigenvalue weighted by molar-refractivity contribution is 5.49.